The topological polar surface area (TPSA) is 82.5 Å². The molecule has 10 heteroatoms. The first-order chi connectivity index (χ1) is 19.5. The zero-order chi connectivity index (χ0) is 28.9. The zero-order valence-corrected chi connectivity index (χ0v) is 24.2. The van der Waals surface area contributed by atoms with Crippen LogP contribution in [0, 0.1) is 17.6 Å². The lowest BCUT2D eigenvalue weighted by atomic mass is 9.91. The van der Waals surface area contributed by atoms with Crippen molar-refractivity contribution in [1.29, 1.82) is 0 Å². The Morgan fingerprint density at radius 2 is 1.73 bits per heavy atom. The van der Waals surface area contributed by atoms with Crippen molar-refractivity contribution in [3.63, 3.8) is 0 Å². The summed E-state index contributed by atoms with van der Waals surface area (Å²) in [4.78, 5) is 29.1. The van der Waals surface area contributed by atoms with Gasteiger partial charge in [-0.05, 0) is 69.5 Å². The minimum absolute atomic E-state index is 0.000579. The highest BCUT2D eigenvalue weighted by atomic mass is 32.2. The quantitative estimate of drug-likeness (QED) is 0.397. The van der Waals surface area contributed by atoms with E-state index in [0.29, 0.717) is 30.3 Å². The lowest BCUT2D eigenvalue weighted by Crippen LogP contribution is -2.67. The average molecular weight is 575 g/mol. The monoisotopic (exact) mass is 574 g/mol. The fourth-order valence-corrected chi connectivity index (χ4v) is 7.29. The number of benzene rings is 2. The molecule has 0 bridgehead atoms. The number of aromatic nitrogens is 2. The van der Waals surface area contributed by atoms with Crippen molar-refractivity contribution < 1.29 is 13.6 Å². The summed E-state index contributed by atoms with van der Waals surface area (Å²) in [5.41, 5.74) is 2.91. The predicted molar refractivity (Wildman–Crippen MR) is 159 cm³/mol. The fourth-order valence-electron chi connectivity index (χ4n) is 6.14. The van der Waals surface area contributed by atoms with E-state index >= 15 is 0 Å². The van der Waals surface area contributed by atoms with Gasteiger partial charge in [0.05, 0.1) is 28.8 Å². The Kier molecular flexibility index (Phi) is 6.94. The molecule has 0 spiro atoms. The number of nitrogens with zero attached hydrogens (tertiary/aromatic N) is 4. The first kappa shape index (κ1) is 27.5. The second kappa shape index (κ2) is 10.3. The highest BCUT2D eigenvalue weighted by Crippen LogP contribution is 2.47. The molecule has 1 fully saturated rings. The van der Waals surface area contributed by atoms with Gasteiger partial charge >= 0.3 is 0 Å². The van der Waals surface area contributed by atoms with Gasteiger partial charge in [0.2, 0.25) is 5.95 Å². The van der Waals surface area contributed by atoms with Gasteiger partial charge in [0, 0.05) is 53.1 Å². The minimum atomic E-state index is -0.626. The van der Waals surface area contributed by atoms with Crippen molar-refractivity contribution in [2.24, 2.45) is 10.9 Å². The molecule has 2 atom stereocenters. The maximum atomic E-state index is 14.7. The number of piperazine rings is 1. The second-order valence-corrected chi connectivity index (χ2v) is 13.1. The number of rotatable bonds is 4. The molecule has 0 radical (unpaired) electrons. The van der Waals surface area contributed by atoms with E-state index in [1.807, 2.05) is 40.6 Å². The average Bonchev–Trinajstić information content (AvgIpc) is 3.33. The Morgan fingerprint density at radius 3 is 2.41 bits per heavy atom. The van der Waals surface area contributed by atoms with E-state index in [0.717, 1.165) is 16.9 Å². The van der Waals surface area contributed by atoms with Crippen LogP contribution in [0.1, 0.15) is 60.1 Å². The number of amides is 1. The predicted octanol–water partition coefficient (Wildman–Crippen LogP) is 6.02. The third kappa shape index (κ3) is 5.50. The summed E-state index contributed by atoms with van der Waals surface area (Å²) < 4.78 is 29.4. The van der Waals surface area contributed by atoms with Gasteiger partial charge < -0.3 is 15.5 Å². The van der Waals surface area contributed by atoms with Crippen LogP contribution < -0.4 is 10.6 Å². The Balaban J connectivity index is 1.20. The number of fused-ring (bicyclic) bond motifs is 3. The molecule has 0 saturated carbocycles. The van der Waals surface area contributed by atoms with Crippen LogP contribution in [0.5, 0.6) is 0 Å². The SMILES string of the molecule is CC1(C)CN(C(=O)c2ccc(Nc3ncc4c(n3)C3SC=CC3C(c3c(F)cccc3F)=NC4)cc2)CC(C)(C)N1. The van der Waals surface area contributed by atoms with Crippen molar-refractivity contribution in [3.05, 3.63) is 94.2 Å². The lowest BCUT2D eigenvalue weighted by molar-refractivity contribution is 0.0472. The number of halogens is 2. The molecular formula is C31H32F2N6OS. The minimum Gasteiger partial charge on any atom is -0.335 e. The normalized spacial score (nSPS) is 22.4. The number of carbonyl (C=O) groups excluding carboxylic acids is 1. The summed E-state index contributed by atoms with van der Waals surface area (Å²) >= 11 is 1.55. The fraction of sp³-hybridized carbons (Fsp3) is 0.355. The van der Waals surface area contributed by atoms with Crippen LogP contribution in [0.2, 0.25) is 0 Å². The summed E-state index contributed by atoms with van der Waals surface area (Å²) in [7, 11) is 0. The molecule has 2 unspecified atom stereocenters. The Labute approximate surface area is 242 Å². The number of hydrogen-bond acceptors (Lipinski definition) is 7. The summed E-state index contributed by atoms with van der Waals surface area (Å²) in [6.07, 6.45) is 3.65. The highest BCUT2D eigenvalue weighted by molar-refractivity contribution is 8.02. The van der Waals surface area contributed by atoms with Crippen molar-refractivity contribution in [2.45, 2.75) is 50.6 Å². The van der Waals surface area contributed by atoms with E-state index in [2.05, 4.69) is 48.3 Å². The smallest absolute Gasteiger partial charge is 0.253 e. The lowest BCUT2D eigenvalue weighted by Gasteiger charge is -2.48. The Morgan fingerprint density at radius 1 is 1.05 bits per heavy atom. The van der Waals surface area contributed by atoms with Crippen molar-refractivity contribution in [1.82, 2.24) is 20.2 Å². The molecule has 1 amide bonds. The highest BCUT2D eigenvalue weighted by Gasteiger charge is 2.39. The molecule has 7 nitrogen and oxygen atoms in total. The van der Waals surface area contributed by atoms with E-state index in [4.69, 9.17) is 4.98 Å². The van der Waals surface area contributed by atoms with Gasteiger partial charge in [-0.1, -0.05) is 12.1 Å². The molecule has 1 saturated heterocycles. The maximum Gasteiger partial charge on any atom is 0.253 e. The third-order valence-electron chi connectivity index (χ3n) is 7.48. The van der Waals surface area contributed by atoms with E-state index in [9.17, 15) is 13.6 Å². The molecule has 3 aliphatic rings. The molecule has 3 aromatic rings. The summed E-state index contributed by atoms with van der Waals surface area (Å²) in [6, 6.07) is 11.2. The standard InChI is InChI=1S/C31H32F2N6OS/c1-30(2)16-39(17-31(3,4)38-30)28(40)18-8-10-20(11-9-18)36-29-35-15-19-14-34-26(24-22(32)6-5-7-23(24)33)21-12-13-41-27(21)25(19)37-29/h5-13,15,21,27,38H,14,16-17H2,1-4H3,(H,35,36,37). The third-order valence-corrected chi connectivity index (χ3v) is 8.61. The van der Waals surface area contributed by atoms with Crippen LogP contribution in [-0.4, -0.2) is 50.7 Å². The molecule has 0 aliphatic carbocycles. The van der Waals surface area contributed by atoms with Crippen LogP contribution in [0.15, 0.2) is 65.1 Å². The second-order valence-electron chi connectivity index (χ2n) is 12.1. The number of allylic oxidation sites excluding steroid dienone is 1. The van der Waals surface area contributed by atoms with E-state index < -0.39 is 11.6 Å². The van der Waals surface area contributed by atoms with Gasteiger partial charge in [0.25, 0.3) is 5.91 Å². The molecule has 41 heavy (non-hydrogen) atoms. The molecule has 212 valence electrons. The van der Waals surface area contributed by atoms with Gasteiger partial charge in [-0.3, -0.25) is 9.79 Å². The Hall–Kier alpha value is -3.63. The molecule has 2 aromatic carbocycles. The number of aliphatic imine (C=N–C) groups is 1. The van der Waals surface area contributed by atoms with Crippen LogP contribution in [0.25, 0.3) is 0 Å². The van der Waals surface area contributed by atoms with Gasteiger partial charge in [0.1, 0.15) is 11.6 Å². The molecule has 2 N–H and O–H groups in total. The number of hydrogen-bond donors (Lipinski definition) is 2. The van der Waals surface area contributed by atoms with Crippen LogP contribution >= 0.6 is 11.8 Å². The number of carbonyl (C=O) groups is 1. The van der Waals surface area contributed by atoms with Crippen molar-refractivity contribution in [2.75, 3.05) is 18.4 Å². The number of thioether (sulfide) groups is 1. The number of anilines is 2. The van der Waals surface area contributed by atoms with Crippen LogP contribution in [0.3, 0.4) is 0 Å². The molecule has 6 rings (SSSR count). The van der Waals surface area contributed by atoms with E-state index in [1.54, 1.807) is 18.0 Å². The molecule has 3 aliphatic heterocycles. The number of nitrogens with one attached hydrogen (secondary N) is 2. The van der Waals surface area contributed by atoms with Crippen LogP contribution in [-0.2, 0) is 6.54 Å². The van der Waals surface area contributed by atoms with Crippen molar-refractivity contribution in [3.8, 4) is 0 Å². The Bertz CT molecular complexity index is 1530. The summed E-state index contributed by atoms with van der Waals surface area (Å²) in [5, 5.41) is 8.59. The van der Waals surface area contributed by atoms with Gasteiger partial charge in [0.15, 0.2) is 0 Å². The molecular weight excluding hydrogens is 542 g/mol. The molecule has 1 aromatic heterocycles. The van der Waals surface area contributed by atoms with Gasteiger partial charge in [-0.15, -0.1) is 11.8 Å². The largest absolute Gasteiger partial charge is 0.335 e. The summed E-state index contributed by atoms with van der Waals surface area (Å²) in [5.74, 6) is -1.17. The van der Waals surface area contributed by atoms with Crippen molar-refractivity contribution >= 4 is 35.0 Å². The molecule has 4 heterocycles. The first-order valence-corrected chi connectivity index (χ1v) is 14.6. The van der Waals surface area contributed by atoms with Gasteiger partial charge in [-0.25, -0.2) is 18.7 Å². The van der Waals surface area contributed by atoms with E-state index in [1.165, 1.54) is 18.2 Å². The first-order valence-electron chi connectivity index (χ1n) is 13.6. The maximum absolute atomic E-state index is 14.7. The van der Waals surface area contributed by atoms with Gasteiger partial charge in [-0.2, -0.15) is 0 Å². The summed E-state index contributed by atoms with van der Waals surface area (Å²) in [6.45, 7) is 9.91. The zero-order valence-electron chi connectivity index (χ0n) is 23.4. The van der Waals surface area contributed by atoms with E-state index in [-0.39, 0.29) is 40.3 Å². The van der Waals surface area contributed by atoms with Crippen LogP contribution in [0.4, 0.5) is 20.4 Å².